The Kier molecular flexibility index (Phi) is 5.80. The van der Waals surface area contributed by atoms with Crippen LogP contribution in [0.25, 0.3) is 0 Å². The van der Waals surface area contributed by atoms with Gasteiger partial charge in [0, 0.05) is 32.8 Å². The van der Waals surface area contributed by atoms with Crippen molar-refractivity contribution in [3.05, 3.63) is 18.3 Å². The first-order valence-electron chi connectivity index (χ1n) is 7.35. The maximum absolute atomic E-state index is 12.0. The molecular formula is C15H23N3O3. The molecule has 2 rings (SSSR count). The fourth-order valence-electron chi connectivity index (χ4n) is 2.33. The van der Waals surface area contributed by atoms with Crippen molar-refractivity contribution in [1.82, 2.24) is 9.88 Å². The number of pyridine rings is 1. The van der Waals surface area contributed by atoms with Gasteiger partial charge in [-0.15, -0.1) is 0 Å². The van der Waals surface area contributed by atoms with Crippen LogP contribution in [-0.4, -0.2) is 62.3 Å². The molecule has 116 valence electrons. The summed E-state index contributed by atoms with van der Waals surface area (Å²) in [5.74, 6) is 1.85. The summed E-state index contributed by atoms with van der Waals surface area (Å²) in [5, 5.41) is 0. The van der Waals surface area contributed by atoms with Gasteiger partial charge < -0.3 is 19.3 Å². The molecular weight excluding hydrogens is 270 g/mol. The van der Waals surface area contributed by atoms with Crippen LogP contribution in [0.5, 0.6) is 5.75 Å². The Morgan fingerprint density at radius 1 is 1.29 bits per heavy atom. The van der Waals surface area contributed by atoms with Crippen LogP contribution < -0.4 is 9.64 Å². The quantitative estimate of drug-likeness (QED) is 0.737. The van der Waals surface area contributed by atoms with Crippen molar-refractivity contribution in [2.45, 2.75) is 13.3 Å². The van der Waals surface area contributed by atoms with Crippen LogP contribution in [0.3, 0.4) is 0 Å². The molecule has 0 atom stereocenters. The Morgan fingerprint density at radius 3 is 2.62 bits per heavy atom. The first kappa shape index (κ1) is 15.6. The SMILES string of the molecule is CCOCCC(=O)N1CCN(c2ccc(OC)cn2)CC1. The lowest BCUT2D eigenvalue weighted by Crippen LogP contribution is -2.49. The molecule has 1 aromatic heterocycles. The van der Waals surface area contributed by atoms with Gasteiger partial charge in [-0.2, -0.15) is 0 Å². The molecule has 2 heterocycles. The number of piperazine rings is 1. The molecule has 0 bridgehead atoms. The Morgan fingerprint density at radius 2 is 2.05 bits per heavy atom. The third-order valence-electron chi connectivity index (χ3n) is 3.58. The van der Waals surface area contributed by atoms with Gasteiger partial charge >= 0.3 is 0 Å². The number of aromatic nitrogens is 1. The highest BCUT2D eigenvalue weighted by atomic mass is 16.5. The van der Waals surface area contributed by atoms with Crippen LogP contribution in [0.1, 0.15) is 13.3 Å². The molecule has 0 aromatic carbocycles. The van der Waals surface area contributed by atoms with Crippen LogP contribution >= 0.6 is 0 Å². The predicted molar refractivity (Wildman–Crippen MR) is 80.7 cm³/mol. The molecule has 1 aliphatic heterocycles. The van der Waals surface area contributed by atoms with E-state index in [1.165, 1.54) is 0 Å². The third kappa shape index (κ3) is 4.32. The summed E-state index contributed by atoms with van der Waals surface area (Å²) in [6.07, 6.45) is 2.18. The minimum absolute atomic E-state index is 0.172. The Hall–Kier alpha value is -1.82. The molecule has 6 nitrogen and oxygen atoms in total. The van der Waals surface area contributed by atoms with Gasteiger partial charge in [-0.1, -0.05) is 0 Å². The lowest BCUT2D eigenvalue weighted by molar-refractivity contribution is -0.132. The van der Waals surface area contributed by atoms with Crippen molar-refractivity contribution in [3.63, 3.8) is 0 Å². The smallest absolute Gasteiger partial charge is 0.225 e. The highest BCUT2D eigenvalue weighted by molar-refractivity contribution is 5.76. The van der Waals surface area contributed by atoms with Crippen LogP contribution in [-0.2, 0) is 9.53 Å². The molecule has 0 radical (unpaired) electrons. The molecule has 0 aliphatic carbocycles. The summed E-state index contributed by atoms with van der Waals surface area (Å²) in [7, 11) is 1.63. The number of ether oxygens (including phenoxy) is 2. The van der Waals surface area contributed by atoms with Gasteiger partial charge in [0.2, 0.25) is 5.91 Å². The molecule has 6 heteroatoms. The fraction of sp³-hybridized carbons (Fsp3) is 0.600. The lowest BCUT2D eigenvalue weighted by Gasteiger charge is -2.35. The van der Waals surface area contributed by atoms with Gasteiger partial charge in [-0.05, 0) is 19.1 Å². The van der Waals surface area contributed by atoms with Crippen LogP contribution in [0, 0.1) is 0 Å². The summed E-state index contributed by atoms with van der Waals surface area (Å²) in [5.41, 5.74) is 0. The topological polar surface area (TPSA) is 54.9 Å². The molecule has 1 aliphatic rings. The predicted octanol–water partition coefficient (Wildman–Crippen LogP) is 1.17. The van der Waals surface area contributed by atoms with Crippen molar-refractivity contribution in [2.24, 2.45) is 0 Å². The van der Waals surface area contributed by atoms with E-state index >= 15 is 0 Å². The Bertz CT molecular complexity index is 442. The number of hydrogen-bond acceptors (Lipinski definition) is 5. The zero-order valence-corrected chi connectivity index (χ0v) is 12.7. The van der Waals surface area contributed by atoms with E-state index in [0.717, 1.165) is 37.7 Å². The number of hydrogen-bond donors (Lipinski definition) is 0. The average Bonchev–Trinajstić information content (AvgIpc) is 2.55. The minimum Gasteiger partial charge on any atom is -0.495 e. The summed E-state index contributed by atoms with van der Waals surface area (Å²) in [4.78, 5) is 20.5. The zero-order chi connectivity index (χ0) is 15.1. The second kappa shape index (κ2) is 7.83. The van der Waals surface area contributed by atoms with E-state index in [-0.39, 0.29) is 5.91 Å². The Labute approximate surface area is 125 Å². The number of anilines is 1. The standard InChI is InChI=1S/C15H23N3O3/c1-3-21-11-6-15(19)18-9-7-17(8-10-18)14-5-4-13(20-2)12-16-14/h4-5,12H,3,6-11H2,1-2H3. The molecule has 1 amide bonds. The van der Waals surface area contributed by atoms with Gasteiger partial charge in [-0.3, -0.25) is 4.79 Å². The van der Waals surface area contributed by atoms with Gasteiger partial charge in [-0.25, -0.2) is 4.98 Å². The van der Waals surface area contributed by atoms with Gasteiger partial charge in [0.25, 0.3) is 0 Å². The maximum atomic E-state index is 12.0. The first-order chi connectivity index (χ1) is 10.2. The summed E-state index contributed by atoms with van der Waals surface area (Å²) >= 11 is 0. The van der Waals surface area contributed by atoms with Crippen molar-refractivity contribution in [3.8, 4) is 5.75 Å². The van der Waals surface area contributed by atoms with Crippen LogP contribution in [0.4, 0.5) is 5.82 Å². The average molecular weight is 293 g/mol. The van der Waals surface area contributed by atoms with Crippen molar-refractivity contribution >= 4 is 11.7 Å². The zero-order valence-electron chi connectivity index (χ0n) is 12.7. The summed E-state index contributed by atoms with van der Waals surface area (Å²) in [6.45, 7) is 6.18. The van der Waals surface area contributed by atoms with E-state index < -0.39 is 0 Å². The second-order valence-corrected chi connectivity index (χ2v) is 4.87. The molecule has 21 heavy (non-hydrogen) atoms. The largest absolute Gasteiger partial charge is 0.495 e. The monoisotopic (exact) mass is 293 g/mol. The van der Waals surface area contributed by atoms with Gasteiger partial charge in [0.15, 0.2) is 0 Å². The normalized spacial score (nSPS) is 15.1. The summed E-state index contributed by atoms with van der Waals surface area (Å²) in [6, 6.07) is 3.85. The number of methoxy groups -OCH3 is 1. The molecule has 0 saturated carbocycles. The van der Waals surface area contributed by atoms with Crippen molar-refractivity contribution in [2.75, 3.05) is 51.4 Å². The molecule has 1 fully saturated rings. The number of rotatable bonds is 6. The molecule has 0 unspecified atom stereocenters. The highest BCUT2D eigenvalue weighted by Gasteiger charge is 2.21. The lowest BCUT2D eigenvalue weighted by atomic mass is 10.2. The third-order valence-corrected chi connectivity index (χ3v) is 3.58. The van der Waals surface area contributed by atoms with Crippen molar-refractivity contribution in [1.29, 1.82) is 0 Å². The first-order valence-corrected chi connectivity index (χ1v) is 7.35. The molecule has 0 N–H and O–H groups in total. The Balaban J connectivity index is 1.80. The number of amides is 1. The number of carbonyl (C=O) groups excluding carboxylic acids is 1. The van der Waals surface area contributed by atoms with E-state index in [1.807, 2.05) is 24.0 Å². The molecule has 1 saturated heterocycles. The fourth-order valence-corrected chi connectivity index (χ4v) is 2.33. The molecule has 0 spiro atoms. The van der Waals surface area contributed by atoms with E-state index in [0.29, 0.717) is 19.6 Å². The number of carbonyl (C=O) groups is 1. The van der Waals surface area contributed by atoms with Crippen LogP contribution in [0.2, 0.25) is 0 Å². The second-order valence-electron chi connectivity index (χ2n) is 4.87. The van der Waals surface area contributed by atoms with Gasteiger partial charge in [0.05, 0.1) is 26.3 Å². The van der Waals surface area contributed by atoms with E-state index in [9.17, 15) is 4.79 Å². The van der Waals surface area contributed by atoms with E-state index in [1.54, 1.807) is 13.3 Å². The van der Waals surface area contributed by atoms with Crippen molar-refractivity contribution < 1.29 is 14.3 Å². The van der Waals surface area contributed by atoms with Crippen LogP contribution in [0.15, 0.2) is 18.3 Å². The van der Waals surface area contributed by atoms with E-state index in [4.69, 9.17) is 9.47 Å². The highest BCUT2D eigenvalue weighted by Crippen LogP contribution is 2.17. The van der Waals surface area contributed by atoms with Gasteiger partial charge in [0.1, 0.15) is 11.6 Å². The maximum Gasteiger partial charge on any atom is 0.225 e. The molecule has 1 aromatic rings. The summed E-state index contributed by atoms with van der Waals surface area (Å²) < 4.78 is 10.3. The number of nitrogens with zero attached hydrogens (tertiary/aromatic N) is 3. The van der Waals surface area contributed by atoms with E-state index in [2.05, 4.69) is 9.88 Å². The minimum atomic E-state index is 0.172.